The Balaban J connectivity index is 2.21. The van der Waals surface area contributed by atoms with E-state index in [9.17, 15) is 4.79 Å². The Bertz CT molecular complexity index is 733. The molecule has 110 valence electrons. The van der Waals surface area contributed by atoms with Gasteiger partial charge >= 0.3 is 5.97 Å². The summed E-state index contributed by atoms with van der Waals surface area (Å²) in [4.78, 5) is 15.7. The normalized spacial score (nSPS) is 17.1. The van der Waals surface area contributed by atoms with E-state index in [1.165, 1.54) is 0 Å². The Morgan fingerprint density at radius 3 is 3.10 bits per heavy atom. The molecule has 6 nitrogen and oxygen atoms in total. The van der Waals surface area contributed by atoms with Crippen molar-refractivity contribution >= 4 is 23.0 Å². The maximum Gasteiger partial charge on any atom is 0.335 e. The first kappa shape index (κ1) is 13.5. The van der Waals surface area contributed by atoms with Crippen molar-refractivity contribution < 1.29 is 14.6 Å². The van der Waals surface area contributed by atoms with Gasteiger partial charge in [0, 0.05) is 7.05 Å². The van der Waals surface area contributed by atoms with Crippen LogP contribution in [-0.4, -0.2) is 34.3 Å². The minimum absolute atomic E-state index is 0.150. The minimum atomic E-state index is -0.978. The van der Waals surface area contributed by atoms with Crippen molar-refractivity contribution in [3.8, 4) is 5.75 Å². The van der Waals surface area contributed by atoms with Gasteiger partial charge < -0.3 is 19.7 Å². The summed E-state index contributed by atoms with van der Waals surface area (Å²) < 4.78 is 7.87. The first-order valence-corrected chi connectivity index (χ1v) is 6.86. The van der Waals surface area contributed by atoms with E-state index in [4.69, 9.17) is 9.84 Å². The van der Waals surface area contributed by atoms with Gasteiger partial charge in [-0.15, -0.1) is 0 Å². The summed E-state index contributed by atoms with van der Waals surface area (Å²) in [6.45, 7) is 2.49. The molecule has 1 atom stereocenters. The van der Waals surface area contributed by atoms with Crippen molar-refractivity contribution in [2.24, 2.45) is 0 Å². The van der Waals surface area contributed by atoms with Crippen LogP contribution in [0.1, 0.15) is 29.7 Å². The fraction of sp³-hybridized carbons (Fsp3) is 0.333. The number of aromatic carboxylic acids is 1. The Morgan fingerprint density at radius 1 is 1.62 bits per heavy atom. The number of aromatic nitrogens is 2. The molecule has 2 aromatic rings. The van der Waals surface area contributed by atoms with Crippen LogP contribution in [-0.2, 0) is 0 Å². The summed E-state index contributed by atoms with van der Waals surface area (Å²) in [6, 6.07) is 3.30. The molecule has 2 N–H and O–H groups in total. The zero-order valence-electron chi connectivity index (χ0n) is 12.0. The van der Waals surface area contributed by atoms with E-state index in [0.29, 0.717) is 17.9 Å². The van der Waals surface area contributed by atoms with Gasteiger partial charge in [-0.05, 0) is 25.5 Å². The summed E-state index contributed by atoms with van der Waals surface area (Å²) in [7, 11) is 1.81. The molecule has 6 heteroatoms. The van der Waals surface area contributed by atoms with Crippen molar-refractivity contribution in [1.29, 1.82) is 0 Å². The topological polar surface area (TPSA) is 76.4 Å². The highest BCUT2D eigenvalue weighted by Gasteiger charge is 2.27. The molecule has 0 bridgehead atoms. The quantitative estimate of drug-likeness (QED) is 0.845. The van der Waals surface area contributed by atoms with Crippen LogP contribution >= 0.6 is 0 Å². The lowest BCUT2D eigenvalue weighted by molar-refractivity contribution is 0.0696. The third-order valence-corrected chi connectivity index (χ3v) is 3.66. The lowest BCUT2D eigenvalue weighted by Crippen LogP contribution is -2.23. The van der Waals surface area contributed by atoms with E-state index in [0.717, 1.165) is 17.9 Å². The number of rotatable bonds is 4. The van der Waals surface area contributed by atoms with E-state index < -0.39 is 5.97 Å². The molecule has 1 aromatic carbocycles. The van der Waals surface area contributed by atoms with Gasteiger partial charge in [-0.3, -0.25) is 0 Å². The van der Waals surface area contributed by atoms with Crippen LogP contribution in [0.15, 0.2) is 24.3 Å². The maximum atomic E-state index is 11.2. The number of carboxylic acids is 1. The maximum absolute atomic E-state index is 11.2. The number of carbonyl (C=O) groups is 1. The number of ether oxygens (including phenoxy) is 1. The predicted molar refractivity (Wildman–Crippen MR) is 80.2 cm³/mol. The fourth-order valence-electron chi connectivity index (χ4n) is 2.69. The highest BCUT2D eigenvalue weighted by Crippen LogP contribution is 2.38. The van der Waals surface area contributed by atoms with Crippen LogP contribution in [0.5, 0.6) is 5.75 Å². The number of nitrogens with zero attached hydrogens (tertiary/aromatic N) is 2. The Hall–Kier alpha value is -2.50. The molecule has 3 rings (SSSR count). The molecule has 1 aromatic heterocycles. The van der Waals surface area contributed by atoms with Gasteiger partial charge in [-0.25, -0.2) is 9.78 Å². The van der Waals surface area contributed by atoms with Gasteiger partial charge in [-0.2, -0.15) is 0 Å². The number of carboxylic acid groups (broad SMARTS) is 1. The second-order valence-electron chi connectivity index (χ2n) is 4.97. The Morgan fingerprint density at radius 2 is 2.43 bits per heavy atom. The largest absolute Gasteiger partial charge is 0.489 e. The van der Waals surface area contributed by atoms with Gasteiger partial charge in [-0.1, -0.05) is 12.2 Å². The highest BCUT2D eigenvalue weighted by molar-refractivity contribution is 5.96. The number of imidazole rings is 1. The third kappa shape index (κ3) is 2.12. The molecule has 1 aliphatic heterocycles. The number of anilines is 1. The Kier molecular flexibility index (Phi) is 3.29. The molecular weight excluding hydrogens is 270 g/mol. The van der Waals surface area contributed by atoms with Crippen LogP contribution in [0.2, 0.25) is 0 Å². The average Bonchev–Trinajstić information content (AvgIpc) is 2.86. The van der Waals surface area contributed by atoms with E-state index in [-0.39, 0.29) is 11.6 Å². The number of allylic oxidation sites excluding steroid dienone is 2. The third-order valence-electron chi connectivity index (χ3n) is 3.66. The SMILES string of the molecule is C/C=C/CC1COc2cc(C(=O)O)cc3nc(NC)n1c23. The number of hydrogen-bond donors (Lipinski definition) is 2. The number of nitrogens with one attached hydrogen (secondary N) is 1. The smallest absolute Gasteiger partial charge is 0.335 e. The minimum Gasteiger partial charge on any atom is -0.489 e. The molecule has 0 fully saturated rings. The summed E-state index contributed by atoms with van der Waals surface area (Å²) in [5.41, 5.74) is 1.68. The molecule has 0 saturated heterocycles. The van der Waals surface area contributed by atoms with Gasteiger partial charge in [0.05, 0.1) is 17.1 Å². The monoisotopic (exact) mass is 287 g/mol. The first-order chi connectivity index (χ1) is 10.2. The standard InChI is InChI=1S/C15H17N3O3/c1-3-4-5-10-8-21-12-7-9(14(19)20)6-11-13(12)18(10)15(16-2)17-11/h3-4,6-7,10H,5,8H2,1-2H3,(H,16,17)(H,19,20)/b4-3+. The van der Waals surface area contributed by atoms with Crippen LogP contribution in [0, 0.1) is 0 Å². The molecule has 0 amide bonds. The van der Waals surface area contributed by atoms with E-state index in [1.807, 2.05) is 20.0 Å². The zero-order chi connectivity index (χ0) is 15.0. The number of hydrogen-bond acceptors (Lipinski definition) is 4. The van der Waals surface area contributed by atoms with Crippen molar-refractivity contribution in [2.45, 2.75) is 19.4 Å². The van der Waals surface area contributed by atoms with Gasteiger partial charge in [0.15, 0.2) is 0 Å². The molecule has 21 heavy (non-hydrogen) atoms. The van der Waals surface area contributed by atoms with E-state index >= 15 is 0 Å². The zero-order valence-corrected chi connectivity index (χ0v) is 12.0. The second-order valence-corrected chi connectivity index (χ2v) is 4.97. The van der Waals surface area contributed by atoms with Crippen LogP contribution in [0.4, 0.5) is 5.95 Å². The van der Waals surface area contributed by atoms with Crippen LogP contribution < -0.4 is 10.1 Å². The summed E-state index contributed by atoms with van der Waals surface area (Å²) in [5, 5.41) is 12.2. The van der Waals surface area contributed by atoms with Crippen molar-refractivity contribution in [2.75, 3.05) is 19.0 Å². The van der Waals surface area contributed by atoms with E-state index in [2.05, 4.69) is 20.9 Å². The Labute approximate surface area is 122 Å². The van der Waals surface area contributed by atoms with Gasteiger partial charge in [0.1, 0.15) is 17.9 Å². The van der Waals surface area contributed by atoms with Gasteiger partial charge in [0.25, 0.3) is 0 Å². The van der Waals surface area contributed by atoms with Crippen LogP contribution in [0.25, 0.3) is 11.0 Å². The molecule has 0 saturated carbocycles. The van der Waals surface area contributed by atoms with Crippen molar-refractivity contribution in [3.63, 3.8) is 0 Å². The van der Waals surface area contributed by atoms with Crippen molar-refractivity contribution in [3.05, 3.63) is 29.8 Å². The number of benzene rings is 1. The molecule has 0 aliphatic carbocycles. The lowest BCUT2D eigenvalue weighted by Gasteiger charge is -2.26. The molecule has 1 aliphatic rings. The fourth-order valence-corrected chi connectivity index (χ4v) is 2.69. The van der Waals surface area contributed by atoms with E-state index in [1.54, 1.807) is 12.1 Å². The van der Waals surface area contributed by atoms with Crippen molar-refractivity contribution in [1.82, 2.24) is 9.55 Å². The molecule has 0 spiro atoms. The summed E-state index contributed by atoms with van der Waals surface area (Å²) >= 11 is 0. The predicted octanol–water partition coefficient (Wildman–Crippen LogP) is 2.68. The van der Waals surface area contributed by atoms with Crippen LogP contribution in [0.3, 0.4) is 0 Å². The average molecular weight is 287 g/mol. The lowest BCUT2D eigenvalue weighted by atomic mass is 10.1. The summed E-state index contributed by atoms with van der Waals surface area (Å²) in [6.07, 6.45) is 4.95. The molecule has 2 heterocycles. The highest BCUT2D eigenvalue weighted by atomic mass is 16.5. The molecule has 0 radical (unpaired) electrons. The van der Waals surface area contributed by atoms with Gasteiger partial charge in [0.2, 0.25) is 5.95 Å². The molecular formula is C15H17N3O3. The molecule has 1 unspecified atom stereocenters. The first-order valence-electron chi connectivity index (χ1n) is 6.86. The summed E-state index contributed by atoms with van der Waals surface area (Å²) in [5.74, 6) is 0.329. The second kappa shape index (κ2) is 5.12.